The second kappa shape index (κ2) is 10.3. The smallest absolute Gasteiger partial charge is 0.0530 e. The van der Waals surface area contributed by atoms with Gasteiger partial charge in [-0.3, -0.25) is 0 Å². The number of rotatable bonds is 11. The van der Waals surface area contributed by atoms with Gasteiger partial charge in [-0.2, -0.15) is 12.6 Å². The van der Waals surface area contributed by atoms with Crippen molar-refractivity contribution >= 4 is 12.6 Å². The largest absolute Gasteiger partial charge is 0.381 e. The zero-order chi connectivity index (χ0) is 13.1. The summed E-state index contributed by atoms with van der Waals surface area (Å²) in [5, 5.41) is 0. The van der Waals surface area contributed by atoms with Crippen LogP contribution >= 0.6 is 12.6 Å². The summed E-state index contributed by atoms with van der Waals surface area (Å²) in [7, 11) is 0. The molecule has 0 unspecified atom stereocenters. The first kappa shape index (κ1) is 17.3. The van der Waals surface area contributed by atoms with E-state index >= 15 is 0 Å². The molecule has 0 spiro atoms. The third-order valence-corrected chi connectivity index (χ3v) is 4.05. The molecule has 0 amide bonds. The number of hydrogen-bond acceptors (Lipinski definition) is 2. The van der Waals surface area contributed by atoms with E-state index in [1.165, 1.54) is 38.5 Å². The van der Waals surface area contributed by atoms with Gasteiger partial charge in [0.2, 0.25) is 0 Å². The molecule has 0 N–H and O–H groups in total. The molecule has 17 heavy (non-hydrogen) atoms. The van der Waals surface area contributed by atoms with Crippen LogP contribution in [-0.4, -0.2) is 19.0 Å². The number of thiol groups is 1. The average Bonchev–Trinajstić information content (AvgIpc) is 2.28. The molecule has 0 bridgehead atoms. The van der Waals surface area contributed by atoms with Gasteiger partial charge in [-0.25, -0.2) is 0 Å². The van der Waals surface area contributed by atoms with Crippen molar-refractivity contribution in [2.45, 2.75) is 66.2 Å². The van der Waals surface area contributed by atoms with Crippen molar-refractivity contribution in [1.29, 1.82) is 0 Å². The van der Waals surface area contributed by atoms with Crippen molar-refractivity contribution in [3.63, 3.8) is 0 Å². The van der Waals surface area contributed by atoms with Gasteiger partial charge < -0.3 is 4.74 Å². The van der Waals surface area contributed by atoms with E-state index in [1.54, 1.807) is 0 Å². The summed E-state index contributed by atoms with van der Waals surface area (Å²) in [5.41, 5.74) is 0.324. The molecule has 0 heterocycles. The van der Waals surface area contributed by atoms with Crippen LogP contribution in [0, 0.1) is 11.3 Å². The van der Waals surface area contributed by atoms with E-state index < -0.39 is 0 Å². The first-order valence-electron chi connectivity index (χ1n) is 7.28. The van der Waals surface area contributed by atoms with E-state index in [2.05, 4.69) is 40.3 Å². The Kier molecular flexibility index (Phi) is 10.4. The molecule has 2 heteroatoms. The first-order valence-corrected chi connectivity index (χ1v) is 7.92. The Bertz CT molecular complexity index is 162. The minimum absolute atomic E-state index is 0.324. The minimum Gasteiger partial charge on any atom is -0.381 e. The van der Waals surface area contributed by atoms with Crippen LogP contribution < -0.4 is 0 Å². The summed E-state index contributed by atoms with van der Waals surface area (Å²) < 4.78 is 5.90. The van der Waals surface area contributed by atoms with Crippen LogP contribution in [0.5, 0.6) is 0 Å². The van der Waals surface area contributed by atoms with Gasteiger partial charge in [0.25, 0.3) is 0 Å². The monoisotopic (exact) mass is 260 g/mol. The van der Waals surface area contributed by atoms with Gasteiger partial charge in [0.05, 0.1) is 6.61 Å². The fourth-order valence-electron chi connectivity index (χ4n) is 2.42. The maximum Gasteiger partial charge on any atom is 0.0530 e. The van der Waals surface area contributed by atoms with Gasteiger partial charge in [0, 0.05) is 12.0 Å². The van der Waals surface area contributed by atoms with Crippen LogP contribution in [0.25, 0.3) is 0 Å². The highest BCUT2D eigenvalue weighted by atomic mass is 32.1. The highest BCUT2D eigenvalue weighted by Crippen LogP contribution is 2.31. The third-order valence-electron chi connectivity index (χ3n) is 3.37. The SMILES string of the molecule is CCCC(CS)(CCC)COCCCC(C)C. The van der Waals surface area contributed by atoms with Gasteiger partial charge in [0.1, 0.15) is 0 Å². The first-order chi connectivity index (χ1) is 8.10. The molecule has 0 aromatic carbocycles. The summed E-state index contributed by atoms with van der Waals surface area (Å²) in [6, 6.07) is 0. The average molecular weight is 260 g/mol. The molecule has 104 valence electrons. The fraction of sp³-hybridized carbons (Fsp3) is 1.00. The zero-order valence-corrected chi connectivity index (χ0v) is 13.2. The van der Waals surface area contributed by atoms with Gasteiger partial charge in [-0.1, -0.05) is 40.5 Å². The molecule has 0 aromatic heterocycles. The molecular formula is C15H32OS. The molecule has 0 saturated carbocycles. The second-order valence-corrected chi connectivity index (χ2v) is 6.06. The Balaban J connectivity index is 3.89. The fourth-order valence-corrected chi connectivity index (χ4v) is 2.82. The summed E-state index contributed by atoms with van der Waals surface area (Å²) >= 11 is 4.55. The number of ether oxygens (including phenoxy) is 1. The predicted octanol–water partition coefficient (Wildman–Crippen LogP) is 4.96. The van der Waals surface area contributed by atoms with Crippen LogP contribution in [0.4, 0.5) is 0 Å². The topological polar surface area (TPSA) is 9.23 Å². The molecule has 1 nitrogen and oxygen atoms in total. The Morgan fingerprint density at radius 2 is 1.71 bits per heavy atom. The van der Waals surface area contributed by atoms with Crippen molar-refractivity contribution < 1.29 is 4.74 Å². The molecule has 0 fully saturated rings. The van der Waals surface area contributed by atoms with E-state index in [0.717, 1.165) is 24.9 Å². The van der Waals surface area contributed by atoms with Gasteiger partial charge >= 0.3 is 0 Å². The molecule has 0 rings (SSSR count). The Labute approximate surface area is 114 Å². The molecule has 0 aliphatic heterocycles. The van der Waals surface area contributed by atoms with Gasteiger partial charge in [0.15, 0.2) is 0 Å². The van der Waals surface area contributed by atoms with Crippen molar-refractivity contribution in [2.75, 3.05) is 19.0 Å². The van der Waals surface area contributed by atoms with Crippen molar-refractivity contribution in [1.82, 2.24) is 0 Å². The molecule has 0 aromatic rings. The van der Waals surface area contributed by atoms with E-state index in [9.17, 15) is 0 Å². The van der Waals surface area contributed by atoms with Crippen molar-refractivity contribution in [2.24, 2.45) is 11.3 Å². The number of hydrogen-bond donors (Lipinski definition) is 1. The summed E-state index contributed by atoms with van der Waals surface area (Å²) in [4.78, 5) is 0. The maximum absolute atomic E-state index is 5.90. The lowest BCUT2D eigenvalue weighted by atomic mass is 9.82. The van der Waals surface area contributed by atoms with Gasteiger partial charge in [-0.15, -0.1) is 0 Å². The molecule has 0 aliphatic rings. The standard InChI is InChI=1S/C15H32OS/c1-5-9-15(13-17,10-6-2)12-16-11-7-8-14(3)4/h14,17H,5-13H2,1-4H3. The summed E-state index contributed by atoms with van der Waals surface area (Å²) in [6.07, 6.45) is 7.42. The van der Waals surface area contributed by atoms with E-state index in [1.807, 2.05) is 0 Å². The van der Waals surface area contributed by atoms with Crippen LogP contribution in [0.2, 0.25) is 0 Å². The van der Waals surface area contributed by atoms with E-state index in [4.69, 9.17) is 4.74 Å². The molecule has 0 saturated heterocycles. The van der Waals surface area contributed by atoms with Crippen LogP contribution in [-0.2, 0) is 4.74 Å². The molecule has 0 atom stereocenters. The molecule has 0 radical (unpaired) electrons. The normalized spacial score (nSPS) is 12.4. The lowest BCUT2D eigenvalue weighted by Crippen LogP contribution is -2.29. The van der Waals surface area contributed by atoms with E-state index in [0.29, 0.717) is 5.41 Å². The molecular weight excluding hydrogens is 228 g/mol. The third kappa shape index (κ3) is 8.10. The summed E-state index contributed by atoms with van der Waals surface area (Å²) in [5.74, 6) is 1.75. The Hall–Kier alpha value is 0.310. The van der Waals surface area contributed by atoms with Crippen LogP contribution in [0.3, 0.4) is 0 Å². The summed E-state index contributed by atoms with van der Waals surface area (Å²) in [6.45, 7) is 10.9. The highest BCUT2D eigenvalue weighted by molar-refractivity contribution is 7.80. The second-order valence-electron chi connectivity index (χ2n) is 5.75. The van der Waals surface area contributed by atoms with E-state index in [-0.39, 0.29) is 0 Å². The van der Waals surface area contributed by atoms with Crippen LogP contribution in [0.1, 0.15) is 66.2 Å². The predicted molar refractivity (Wildman–Crippen MR) is 81.0 cm³/mol. The minimum atomic E-state index is 0.324. The Morgan fingerprint density at radius 3 is 2.12 bits per heavy atom. The Morgan fingerprint density at radius 1 is 1.12 bits per heavy atom. The van der Waals surface area contributed by atoms with Gasteiger partial charge in [-0.05, 0) is 37.4 Å². The van der Waals surface area contributed by atoms with Crippen molar-refractivity contribution in [3.8, 4) is 0 Å². The molecule has 0 aliphatic carbocycles. The zero-order valence-electron chi connectivity index (χ0n) is 12.3. The van der Waals surface area contributed by atoms with Crippen LogP contribution in [0.15, 0.2) is 0 Å². The maximum atomic E-state index is 5.90. The van der Waals surface area contributed by atoms with Crippen molar-refractivity contribution in [3.05, 3.63) is 0 Å². The lowest BCUT2D eigenvalue weighted by Gasteiger charge is -2.31. The lowest BCUT2D eigenvalue weighted by molar-refractivity contribution is 0.0421. The highest BCUT2D eigenvalue weighted by Gasteiger charge is 2.26. The quantitative estimate of drug-likeness (QED) is 0.408.